The van der Waals surface area contributed by atoms with Gasteiger partial charge in [-0.25, -0.2) is 0 Å². The Morgan fingerprint density at radius 2 is 1.52 bits per heavy atom. The summed E-state index contributed by atoms with van der Waals surface area (Å²) in [6.45, 7) is 1.69. The molecule has 5 nitrogen and oxygen atoms in total. The zero-order chi connectivity index (χ0) is 20.5. The molecule has 5 heteroatoms. The number of amides is 2. The lowest BCUT2D eigenvalue weighted by Crippen LogP contribution is -2.23. The fourth-order valence-electron chi connectivity index (χ4n) is 2.51. The van der Waals surface area contributed by atoms with Crippen LogP contribution in [-0.2, 0) is 4.79 Å². The summed E-state index contributed by atoms with van der Waals surface area (Å²) in [6, 6.07) is 23.6. The van der Waals surface area contributed by atoms with Crippen LogP contribution in [0.15, 0.2) is 78.9 Å². The van der Waals surface area contributed by atoms with Gasteiger partial charge in [0.1, 0.15) is 11.5 Å². The Kier molecular flexibility index (Phi) is 6.64. The van der Waals surface area contributed by atoms with Crippen LogP contribution in [-0.4, -0.2) is 18.4 Å². The Morgan fingerprint density at radius 1 is 0.862 bits per heavy atom. The summed E-state index contributed by atoms with van der Waals surface area (Å²) in [7, 11) is 0. The van der Waals surface area contributed by atoms with E-state index in [4.69, 9.17) is 4.74 Å². The summed E-state index contributed by atoms with van der Waals surface area (Å²) in [5.41, 5.74) is 2.05. The van der Waals surface area contributed by atoms with E-state index in [9.17, 15) is 9.59 Å². The predicted molar refractivity (Wildman–Crippen MR) is 113 cm³/mol. The van der Waals surface area contributed by atoms with E-state index < -0.39 is 0 Å². The minimum Gasteiger partial charge on any atom is -0.457 e. The first-order valence-corrected chi connectivity index (χ1v) is 9.08. The van der Waals surface area contributed by atoms with Gasteiger partial charge in [-0.15, -0.1) is 0 Å². The molecule has 0 atom stereocenters. The average Bonchev–Trinajstić information content (AvgIpc) is 2.73. The van der Waals surface area contributed by atoms with Crippen molar-refractivity contribution < 1.29 is 14.3 Å². The highest BCUT2D eigenvalue weighted by Crippen LogP contribution is 2.21. The van der Waals surface area contributed by atoms with Crippen LogP contribution >= 0.6 is 0 Å². The van der Waals surface area contributed by atoms with Crippen LogP contribution in [0.25, 0.3) is 0 Å². The minimum absolute atomic E-state index is 0.119. The maximum absolute atomic E-state index is 12.2. The summed E-state index contributed by atoms with van der Waals surface area (Å²) in [5, 5.41) is 5.46. The first-order chi connectivity index (χ1) is 14.1. The van der Waals surface area contributed by atoms with Crippen LogP contribution in [0.4, 0.5) is 5.69 Å². The highest BCUT2D eigenvalue weighted by Gasteiger charge is 2.04. The number of carbonyl (C=O) groups is 2. The number of carbonyl (C=O) groups excluding carboxylic acids is 2. The van der Waals surface area contributed by atoms with Gasteiger partial charge in [0.15, 0.2) is 0 Å². The molecule has 0 heterocycles. The highest BCUT2D eigenvalue weighted by molar-refractivity contribution is 5.94. The Morgan fingerprint density at radius 3 is 2.17 bits per heavy atom. The molecule has 0 fully saturated rings. The van der Waals surface area contributed by atoms with Crippen LogP contribution in [0.3, 0.4) is 0 Å². The summed E-state index contributed by atoms with van der Waals surface area (Å²) in [6.07, 6.45) is 0. The van der Waals surface area contributed by atoms with Gasteiger partial charge >= 0.3 is 0 Å². The smallest absolute Gasteiger partial charge is 0.252 e. The van der Waals surface area contributed by atoms with Crippen molar-refractivity contribution in [1.82, 2.24) is 5.32 Å². The van der Waals surface area contributed by atoms with E-state index in [-0.39, 0.29) is 18.4 Å². The lowest BCUT2D eigenvalue weighted by Gasteiger charge is -2.06. The highest BCUT2D eigenvalue weighted by atomic mass is 16.5. The third kappa shape index (κ3) is 6.26. The Bertz CT molecular complexity index is 1030. The molecule has 3 aromatic carbocycles. The molecule has 0 aliphatic rings. The lowest BCUT2D eigenvalue weighted by atomic mass is 10.2. The van der Waals surface area contributed by atoms with Gasteiger partial charge in [0.25, 0.3) is 5.91 Å². The topological polar surface area (TPSA) is 67.4 Å². The first-order valence-electron chi connectivity index (χ1n) is 9.08. The number of hydrogen-bond donors (Lipinski definition) is 2. The van der Waals surface area contributed by atoms with Gasteiger partial charge in [-0.1, -0.05) is 30.0 Å². The summed E-state index contributed by atoms with van der Waals surface area (Å²) in [4.78, 5) is 23.2. The van der Waals surface area contributed by atoms with Gasteiger partial charge in [0, 0.05) is 23.7 Å². The molecule has 0 aliphatic carbocycles. The van der Waals surface area contributed by atoms with E-state index in [0.717, 1.165) is 17.0 Å². The van der Waals surface area contributed by atoms with Crippen molar-refractivity contribution in [3.8, 4) is 23.3 Å². The van der Waals surface area contributed by atoms with Gasteiger partial charge < -0.3 is 15.4 Å². The van der Waals surface area contributed by atoms with Crippen molar-refractivity contribution in [2.45, 2.75) is 6.92 Å². The van der Waals surface area contributed by atoms with Gasteiger partial charge in [0.05, 0.1) is 6.54 Å². The number of benzene rings is 3. The van der Waals surface area contributed by atoms with Crippen molar-refractivity contribution >= 4 is 17.5 Å². The molecule has 144 valence electrons. The largest absolute Gasteiger partial charge is 0.457 e. The predicted octanol–water partition coefficient (Wildman–Crippen LogP) is 4.22. The normalized spacial score (nSPS) is 9.69. The number of rotatable bonds is 5. The maximum atomic E-state index is 12.2. The number of ether oxygens (including phenoxy) is 1. The molecule has 0 bridgehead atoms. The van der Waals surface area contributed by atoms with E-state index in [1.54, 1.807) is 36.4 Å². The second kappa shape index (κ2) is 9.77. The van der Waals surface area contributed by atoms with Crippen LogP contribution in [0, 0.1) is 11.8 Å². The zero-order valence-corrected chi connectivity index (χ0v) is 15.9. The monoisotopic (exact) mass is 384 g/mol. The Balaban J connectivity index is 1.49. The van der Waals surface area contributed by atoms with E-state index >= 15 is 0 Å². The third-order valence-corrected chi connectivity index (χ3v) is 3.87. The van der Waals surface area contributed by atoms with Crippen molar-refractivity contribution in [2.75, 3.05) is 11.9 Å². The van der Waals surface area contributed by atoms with Crippen LogP contribution < -0.4 is 15.4 Å². The van der Waals surface area contributed by atoms with Gasteiger partial charge in [-0.3, -0.25) is 9.59 Å². The maximum Gasteiger partial charge on any atom is 0.252 e. The molecule has 3 rings (SSSR count). The van der Waals surface area contributed by atoms with Crippen molar-refractivity contribution in [1.29, 1.82) is 0 Å². The summed E-state index contributed by atoms with van der Waals surface area (Å²) >= 11 is 0. The molecule has 3 aromatic rings. The molecule has 0 aliphatic heterocycles. The van der Waals surface area contributed by atoms with Crippen molar-refractivity contribution in [3.05, 3.63) is 90.0 Å². The molecular weight excluding hydrogens is 364 g/mol. The summed E-state index contributed by atoms with van der Waals surface area (Å²) < 4.78 is 5.71. The molecule has 29 heavy (non-hydrogen) atoms. The van der Waals surface area contributed by atoms with Crippen LogP contribution in [0.1, 0.15) is 22.8 Å². The zero-order valence-electron chi connectivity index (χ0n) is 15.9. The molecule has 0 saturated carbocycles. The molecule has 0 aromatic heterocycles. The fourth-order valence-corrected chi connectivity index (χ4v) is 2.51. The van der Waals surface area contributed by atoms with E-state index in [1.807, 2.05) is 42.5 Å². The van der Waals surface area contributed by atoms with Crippen molar-refractivity contribution in [3.63, 3.8) is 0 Å². The molecular formula is C24H20N2O3. The second-order valence-corrected chi connectivity index (χ2v) is 6.18. The standard InChI is InChI=1S/C24H20N2O3/c1-18(27)26-21-13-9-19(10-14-21)6-5-17-25-24(28)20-11-15-23(16-12-20)29-22-7-3-2-4-8-22/h2-4,7-16H,17H2,1H3,(H,25,28)(H,26,27). The van der Waals surface area contributed by atoms with Gasteiger partial charge in [-0.2, -0.15) is 0 Å². The van der Waals surface area contributed by atoms with Crippen LogP contribution in [0.2, 0.25) is 0 Å². The molecule has 2 N–H and O–H groups in total. The van der Waals surface area contributed by atoms with E-state index in [2.05, 4.69) is 22.5 Å². The molecule has 0 radical (unpaired) electrons. The average molecular weight is 384 g/mol. The molecule has 0 spiro atoms. The first kappa shape index (κ1) is 19.7. The van der Waals surface area contributed by atoms with Gasteiger partial charge in [-0.05, 0) is 60.7 Å². The van der Waals surface area contributed by atoms with Crippen molar-refractivity contribution in [2.24, 2.45) is 0 Å². The number of nitrogens with one attached hydrogen (secondary N) is 2. The fraction of sp³-hybridized carbons (Fsp3) is 0.0833. The Labute approximate surface area is 169 Å². The van der Waals surface area contributed by atoms with E-state index in [0.29, 0.717) is 11.3 Å². The van der Waals surface area contributed by atoms with Gasteiger partial charge in [0.2, 0.25) is 5.91 Å². The number of para-hydroxylation sites is 1. The molecule has 2 amide bonds. The third-order valence-electron chi connectivity index (χ3n) is 3.87. The Hall–Kier alpha value is -4.04. The lowest BCUT2D eigenvalue weighted by molar-refractivity contribution is -0.114. The quantitative estimate of drug-likeness (QED) is 0.647. The minimum atomic E-state index is -0.202. The van der Waals surface area contributed by atoms with Crippen LogP contribution in [0.5, 0.6) is 11.5 Å². The SMILES string of the molecule is CC(=O)Nc1ccc(C#CCNC(=O)c2ccc(Oc3ccccc3)cc2)cc1. The van der Waals surface area contributed by atoms with E-state index in [1.165, 1.54) is 6.92 Å². The second-order valence-electron chi connectivity index (χ2n) is 6.18. The molecule has 0 saturated heterocycles. The molecule has 0 unspecified atom stereocenters. The summed E-state index contributed by atoms with van der Waals surface area (Å²) in [5.74, 6) is 6.97. The number of anilines is 1. The number of hydrogen-bond acceptors (Lipinski definition) is 3.